The topological polar surface area (TPSA) is 82.1 Å². The number of ether oxygens (including phenoxy) is 3. The number of esters is 1. The van der Waals surface area contributed by atoms with E-state index in [4.69, 9.17) is 14.6 Å². The Morgan fingerprint density at radius 3 is 2.07 bits per heavy atom. The lowest BCUT2D eigenvalue weighted by atomic mass is 10.5. The molecule has 0 rings (SSSR count). The summed E-state index contributed by atoms with van der Waals surface area (Å²) in [4.78, 5) is 21.0. The van der Waals surface area contributed by atoms with Crippen molar-refractivity contribution in [3.63, 3.8) is 0 Å². The summed E-state index contributed by atoms with van der Waals surface area (Å²) in [6, 6.07) is 0. The van der Waals surface area contributed by atoms with Crippen LogP contribution in [0.5, 0.6) is 0 Å². The highest BCUT2D eigenvalue weighted by Crippen LogP contribution is 2.11. The van der Waals surface area contributed by atoms with Gasteiger partial charge >= 0.3 is 17.9 Å². The van der Waals surface area contributed by atoms with Crippen molar-refractivity contribution in [2.24, 2.45) is 0 Å². The van der Waals surface area contributed by atoms with Crippen molar-refractivity contribution in [3.05, 3.63) is 12.2 Å². The molecule has 0 bridgehead atoms. The third-order valence-corrected chi connectivity index (χ3v) is 1.39. The first-order chi connectivity index (χ1) is 6.43. The predicted molar refractivity (Wildman–Crippen MR) is 45.3 cm³/mol. The van der Waals surface area contributed by atoms with Crippen LogP contribution < -0.4 is 0 Å². The minimum atomic E-state index is -1.50. The molecule has 6 heteroatoms. The molecule has 80 valence electrons. The number of carboxylic acid groups (broad SMARTS) is 1. The van der Waals surface area contributed by atoms with E-state index in [-0.39, 0.29) is 0 Å². The van der Waals surface area contributed by atoms with Crippen LogP contribution in [0.3, 0.4) is 0 Å². The number of hydrogen-bond donors (Lipinski definition) is 1. The van der Waals surface area contributed by atoms with E-state index in [9.17, 15) is 9.59 Å². The van der Waals surface area contributed by atoms with Gasteiger partial charge in [-0.3, -0.25) is 0 Å². The number of aliphatic carboxylic acids is 1. The van der Waals surface area contributed by atoms with Crippen LogP contribution in [0.4, 0.5) is 0 Å². The minimum absolute atomic E-state index is 0.661. The van der Waals surface area contributed by atoms with Crippen molar-refractivity contribution in [2.45, 2.75) is 12.9 Å². The van der Waals surface area contributed by atoms with Gasteiger partial charge in [0.25, 0.3) is 0 Å². The SMILES string of the molecule is COC(C)(OC)OC(=O)/C=C\C(=O)O. The van der Waals surface area contributed by atoms with Gasteiger partial charge < -0.3 is 19.3 Å². The molecule has 1 N–H and O–H groups in total. The Morgan fingerprint density at radius 2 is 1.71 bits per heavy atom. The Labute approximate surface area is 81.1 Å². The van der Waals surface area contributed by atoms with Gasteiger partial charge in [0.05, 0.1) is 0 Å². The van der Waals surface area contributed by atoms with E-state index in [0.29, 0.717) is 6.08 Å². The van der Waals surface area contributed by atoms with Crippen LogP contribution in [0, 0.1) is 0 Å². The van der Waals surface area contributed by atoms with E-state index < -0.39 is 17.9 Å². The highest BCUT2D eigenvalue weighted by molar-refractivity contribution is 5.90. The van der Waals surface area contributed by atoms with E-state index >= 15 is 0 Å². The zero-order chi connectivity index (χ0) is 11.2. The number of carbonyl (C=O) groups is 2. The maximum atomic E-state index is 10.9. The maximum Gasteiger partial charge on any atom is 0.335 e. The maximum absolute atomic E-state index is 10.9. The van der Waals surface area contributed by atoms with Crippen LogP contribution in [0.15, 0.2) is 12.2 Å². The molecule has 0 aromatic heterocycles. The molecule has 0 unspecified atom stereocenters. The lowest BCUT2D eigenvalue weighted by Gasteiger charge is -2.24. The first kappa shape index (κ1) is 12.6. The normalized spacial score (nSPS) is 11.6. The van der Waals surface area contributed by atoms with Crippen LogP contribution in [-0.2, 0) is 23.8 Å². The van der Waals surface area contributed by atoms with Crippen molar-refractivity contribution in [2.75, 3.05) is 14.2 Å². The van der Waals surface area contributed by atoms with E-state index in [1.54, 1.807) is 0 Å². The molecule has 0 radical (unpaired) electrons. The summed E-state index contributed by atoms with van der Waals surface area (Å²) in [7, 11) is 2.58. The Balaban J connectivity index is 4.24. The molecule has 0 aliphatic carbocycles. The first-order valence-electron chi connectivity index (χ1n) is 3.68. The largest absolute Gasteiger partial charge is 0.478 e. The standard InChI is InChI=1S/C8H12O6/c1-8(12-2,13-3)14-7(11)5-4-6(9)10/h4-5H,1-3H3,(H,9,10)/b5-4-. The van der Waals surface area contributed by atoms with Gasteiger partial charge in [0.15, 0.2) is 0 Å². The fourth-order valence-electron chi connectivity index (χ4n) is 0.523. The summed E-state index contributed by atoms with van der Waals surface area (Å²) in [5, 5.41) is 8.22. The molecular weight excluding hydrogens is 192 g/mol. The Bertz CT molecular complexity index is 240. The van der Waals surface area contributed by atoms with Crippen molar-refractivity contribution in [1.82, 2.24) is 0 Å². The van der Waals surface area contributed by atoms with Crippen molar-refractivity contribution in [3.8, 4) is 0 Å². The molecular formula is C8H12O6. The second-order valence-electron chi connectivity index (χ2n) is 2.36. The van der Waals surface area contributed by atoms with Gasteiger partial charge in [0.2, 0.25) is 0 Å². The third-order valence-electron chi connectivity index (χ3n) is 1.39. The molecule has 0 atom stereocenters. The molecule has 0 aliphatic heterocycles. The average Bonchev–Trinajstić information content (AvgIpc) is 2.14. The molecule has 0 aromatic carbocycles. The summed E-state index contributed by atoms with van der Waals surface area (Å²) in [6.07, 6.45) is 1.42. The minimum Gasteiger partial charge on any atom is -0.478 e. The van der Waals surface area contributed by atoms with Gasteiger partial charge in [-0.2, -0.15) is 0 Å². The average molecular weight is 204 g/mol. The number of rotatable bonds is 5. The van der Waals surface area contributed by atoms with Gasteiger partial charge in [-0.1, -0.05) is 0 Å². The highest BCUT2D eigenvalue weighted by atomic mass is 16.9. The van der Waals surface area contributed by atoms with Gasteiger partial charge in [-0.25, -0.2) is 9.59 Å². The van der Waals surface area contributed by atoms with Crippen LogP contribution in [0.2, 0.25) is 0 Å². The van der Waals surface area contributed by atoms with Gasteiger partial charge in [0, 0.05) is 33.3 Å². The molecule has 0 spiro atoms. The molecule has 6 nitrogen and oxygen atoms in total. The zero-order valence-corrected chi connectivity index (χ0v) is 8.14. The Hall–Kier alpha value is -1.40. The quantitative estimate of drug-likeness (QED) is 0.389. The molecule has 0 aromatic rings. The summed E-state index contributed by atoms with van der Waals surface area (Å²) in [5.74, 6) is -3.60. The van der Waals surface area contributed by atoms with Crippen LogP contribution in [0.1, 0.15) is 6.92 Å². The summed E-state index contributed by atoms with van der Waals surface area (Å²) in [5.41, 5.74) is 0. The number of carboxylic acids is 1. The molecule has 0 saturated heterocycles. The molecule has 0 heterocycles. The van der Waals surface area contributed by atoms with Crippen molar-refractivity contribution in [1.29, 1.82) is 0 Å². The smallest absolute Gasteiger partial charge is 0.335 e. The van der Waals surface area contributed by atoms with Gasteiger partial charge in [0.1, 0.15) is 0 Å². The van der Waals surface area contributed by atoms with Crippen LogP contribution in [-0.4, -0.2) is 37.2 Å². The zero-order valence-electron chi connectivity index (χ0n) is 8.14. The summed E-state index contributed by atoms with van der Waals surface area (Å²) in [6.45, 7) is 1.37. The fraction of sp³-hybridized carbons (Fsp3) is 0.500. The Kier molecular flexibility index (Phi) is 4.82. The molecule has 0 amide bonds. The summed E-state index contributed by atoms with van der Waals surface area (Å²) < 4.78 is 14.1. The monoisotopic (exact) mass is 204 g/mol. The van der Waals surface area contributed by atoms with E-state index in [2.05, 4.69) is 4.74 Å². The van der Waals surface area contributed by atoms with Gasteiger partial charge in [-0.15, -0.1) is 0 Å². The van der Waals surface area contributed by atoms with Crippen LogP contribution >= 0.6 is 0 Å². The number of carbonyl (C=O) groups excluding carboxylic acids is 1. The summed E-state index contributed by atoms with van der Waals surface area (Å²) >= 11 is 0. The molecule has 14 heavy (non-hydrogen) atoms. The fourth-order valence-corrected chi connectivity index (χ4v) is 0.523. The molecule has 0 aliphatic rings. The van der Waals surface area contributed by atoms with E-state index in [1.807, 2.05) is 0 Å². The van der Waals surface area contributed by atoms with E-state index in [1.165, 1.54) is 21.1 Å². The van der Waals surface area contributed by atoms with Crippen LogP contribution in [0.25, 0.3) is 0 Å². The van der Waals surface area contributed by atoms with Crippen molar-refractivity contribution >= 4 is 11.9 Å². The second-order valence-corrected chi connectivity index (χ2v) is 2.36. The lowest BCUT2D eigenvalue weighted by Crippen LogP contribution is -2.35. The Morgan fingerprint density at radius 1 is 1.21 bits per heavy atom. The second kappa shape index (κ2) is 5.36. The lowest BCUT2D eigenvalue weighted by molar-refractivity contribution is -0.330. The predicted octanol–water partition coefficient (Wildman–Crippen LogP) is 0.137. The van der Waals surface area contributed by atoms with Gasteiger partial charge in [-0.05, 0) is 0 Å². The third kappa shape index (κ3) is 4.58. The number of hydrogen-bond acceptors (Lipinski definition) is 5. The van der Waals surface area contributed by atoms with Crippen molar-refractivity contribution < 1.29 is 28.9 Å². The highest BCUT2D eigenvalue weighted by Gasteiger charge is 2.26. The number of methoxy groups -OCH3 is 2. The molecule has 0 fully saturated rings. The first-order valence-corrected chi connectivity index (χ1v) is 3.68. The van der Waals surface area contributed by atoms with E-state index in [0.717, 1.165) is 6.08 Å². The molecule has 0 saturated carbocycles.